The van der Waals surface area contributed by atoms with E-state index in [0.717, 1.165) is 22.7 Å². The first-order valence-corrected chi connectivity index (χ1v) is 9.63. The highest BCUT2D eigenvalue weighted by molar-refractivity contribution is 6.03. The van der Waals surface area contributed by atoms with Gasteiger partial charge in [-0.3, -0.25) is 4.79 Å². The number of para-hydroxylation sites is 1. The zero-order valence-corrected chi connectivity index (χ0v) is 16.6. The Morgan fingerprint density at radius 3 is 2.53 bits per heavy atom. The summed E-state index contributed by atoms with van der Waals surface area (Å²) in [7, 11) is 0. The number of nitrogens with two attached hydrogens (primary N) is 1. The van der Waals surface area contributed by atoms with Crippen LogP contribution in [0.25, 0.3) is 5.69 Å². The van der Waals surface area contributed by atoms with Crippen molar-refractivity contribution in [2.45, 2.75) is 13.5 Å². The van der Waals surface area contributed by atoms with Crippen LogP contribution in [-0.2, 0) is 6.54 Å². The van der Waals surface area contributed by atoms with Gasteiger partial charge in [0.05, 0.1) is 11.4 Å². The summed E-state index contributed by atoms with van der Waals surface area (Å²) in [6.45, 7) is 2.28. The Kier molecular flexibility index (Phi) is 5.59. The number of aromatic nitrogens is 2. The van der Waals surface area contributed by atoms with Crippen molar-refractivity contribution in [3.05, 3.63) is 102 Å². The Morgan fingerprint density at radius 2 is 1.73 bits per heavy atom. The van der Waals surface area contributed by atoms with Crippen LogP contribution in [0, 0.1) is 6.92 Å². The smallest absolute Gasteiger partial charge is 0.274 e. The maximum Gasteiger partial charge on any atom is 0.274 e. The monoisotopic (exact) mass is 398 g/mol. The lowest BCUT2D eigenvalue weighted by Gasteiger charge is -2.11. The average molecular weight is 398 g/mol. The van der Waals surface area contributed by atoms with Gasteiger partial charge in [-0.2, -0.15) is 5.10 Å². The molecule has 0 saturated heterocycles. The van der Waals surface area contributed by atoms with E-state index in [1.807, 2.05) is 79.7 Å². The standard InChI is InChI=1S/C24H22N4O2/c1-17-13-23(28(27-17)20-9-5-7-18(14-20)16-25)24(29)26-19-8-6-12-22(15-19)30-21-10-3-2-4-11-21/h2-15H,16,25H2,1H3,(H,26,29). The third kappa shape index (κ3) is 4.39. The number of rotatable bonds is 6. The molecule has 0 unspecified atom stereocenters. The van der Waals surface area contributed by atoms with E-state index in [9.17, 15) is 4.79 Å². The summed E-state index contributed by atoms with van der Waals surface area (Å²) in [5, 5.41) is 7.41. The average Bonchev–Trinajstić information content (AvgIpc) is 3.17. The molecule has 0 spiro atoms. The molecule has 3 aromatic carbocycles. The van der Waals surface area contributed by atoms with E-state index in [0.29, 0.717) is 23.7 Å². The number of carbonyl (C=O) groups excluding carboxylic acids is 1. The van der Waals surface area contributed by atoms with Crippen molar-refractivity contribution in [2.24, 2.45) is 5.73 Å². The number of ether oxygens (including phenoxy) is 1. The summed E-state index contributed by atoms with van der Waals surface area (Å²) in [6.07, 6.45) is 0. The van der Waals surface area contributed by atoms with Gasteiger partial charge in [-0.05, 0) is 55.0 Å². The van der Waals surface area contributed by atoms with E-state index in [1.165, 1.54) is 0 Å². The maximum absolute atomic E-state index is 13.0. The summed E-state index contributed by atoms with van der Waals surface area (Å²) in [4.78, 5) is 13.0. The second-order valence-electron chi connectivity index (χ2n) is 6.85. The highest BCUT2D eigenvalue weighted by Gasteiger charge is 2.16. The van der Waals surface area contributed by atoms with Crippen LogP contribution in [-0.4, -0.2) is 15.7 Å². The third-order valence-corrected chi connectivity index (χ3v) is 4.53. The lowest BCUT2D eigenvalue weighted by Crippen LogP contribution is -2.17. The van der Waals surface area contributed by atoms with Gasteiger partial charge in [-0.25, -0.2) is 4.68 Å². The predicted octanol–water partition coefficient (Wildman–Crippen LogP) is 4.68. The van der Waals surface area contributed by atoms with Crippen LogP contribution in [0.15, 0.2) is 84.9 Å². The Labute approximate surface area is 174 Å². The van der Waals surface area contributed by atoms with Crippen molar-refractivity contribution >= 4 is 11.6 Å². The first kappa shape index (κ1) is 19.4. The van der Waals surface area contributed by atoms with Gasteiger partial charge in [0.15, 0.2) is 0 Å². The molecule has 1 amide bonds. The molecule has 1 heterocycles. The number of carbonyl (C=O) groups is 1. The second-order valence-corrected chi connectivity index (χ2v) is 6.85. The molecule has 0 bridgehead atoms. The van der Waals surface area contributed by atoms with Crippen molar-refractivity contribution in [2.75, 3.05) is 5.32 Å². The quantitative estimate of drug-likeness (QED) is 0.494. The number of benzene rings is 3. The summed E-state index contributed by atoms with van der Waals surface area (Å²) in [6, 6.07) is 26.2. The molecule has 0 radical (unpaired) electrons. The Morgan fingerprint density at radius 1 is 0.967 bits per heavy atom. The van der Waals surface area contributed by atoms with Crippen molar-refractivity contribution in [3.8, 4) is 17.2 Å². The zero-order valence-electron chi connectivity index (χ0n) is 16.6. The third-order valence-electron chi connectivity index (χ3n) is 4.53. The number of anilines is 1. The van der Waals surface area contributed by atoms with Gasteiger partial charge in [0.2, 0.25) is 0 Å². The van der Waals surface area contributed by atoms with Gasteiger partial charge in [0.1, 0.15) is 17.2 Å². The molecular weight excluding hydrogens is 376 g/mol. The molecule has 0 aliphatic carbocycles. The Bertz CT molecular complexity index is 1170. The van der Waals surface area contributed by atoms with E-state index in [4.69, 9.17) is 10.5 Å². The van der Waals surface area contributed by atoms with Gasteiger partial charge in [-0.15, -0.1) is 0 Å². The normalized spacial score (nSPS) is 10.6. The highest BCUT2D eigenvalue weighted by Crippen LogP contribution is 2.24. The van der Waals surface area contributed by atoms with Crippen LogP contribution in [0.5, 0.6) is 11.5 Å². The van der Waals surface area contributed by atoms with Crippen molar-refractivity contribution in [3.63, 3.8) is 0 Å². The molecule has 6 heteroatoms. The summed E-state index contributed by atoms with van der Waals surface area (Å²) in [5.41, 5.74) is 9.33. The van der Waals surface area contributed by atoms with Gasteiger partial charge in [0.25, 0.3) is 5.91 Å². The van der Waals surface area contributed by atoms with Crippen molar-refractivity contribution in [1.29, 1.82) is 0 Å². The number of aryl methyl sites for hydroxylation is 1. The number of nitrogens with one attached hydrogen (secondary N) is 1. The fourth-order valence-electron chi connectivity index (χ4n) is 3.13. The van der Waals surface area contributed by atoms with Crippen molar-refractivity contribution < 1.29 is 9.53 Å². The zero-order chi connectivity index (χ0) is 20.9. The second kappa shape index (κ2) is 8.63. The van der Waals surface area contributed by atoms with Crippen molar-refractivity contribution in [1.82, 2.24) is 9.78 Å². The van der Waals surface area contributed by atoms with E-state index >= 15 is 0 Å². The molecule has 3 N–H and O–H groups in total. The summed E-state index contributed by atoms with van der Waals surface area (Å²) >= 11 is 0. The number of hydrogen-bond donors (Lipinski definition) is 2. The van der Waals surface area contributed by atoms with Crippen LogP contribution < -0.4 is 15.8 Å². The van der Waals surface area contributed by atoms with Crippen LogP contribution in [0.2, 0.25) is 0 Å². The lowest BCUT2D eigenvalue weighted by atomic mass is 10.2. The van der Waals surface area contributed by atoms with Crippen LogP contribution in [0.1, 0.15) is 21.7 Å². The largest absolute Gasteiger partial charge is 0.457 e. The molecule has 0 aliphatic heterocycles. The lowest BCUT2D eigenvalue weighted by molar-refractivity contribution is 0.101. The molecule has 4 aromatic rings. The molecule has 6 nitrogen and oxygen atoms in total. The Balaban J connectivity index is 1.57. The summed E-state index contributed by atoms with van der Waals surface area (Å²) in [5.74, 6) is 1.11. The predicted molar refractivity (Wildman–Crippen MR) is 117 cm³/mol. The minimum Gasteiger partial charge on any atom is -0.457 e. The molecule has 30 heavy (non-hydrogen) atoms. The SMILES string of the molecule is Cc1cc(C(=O)Nc2cccc(Oc3ccccc3)c2)n(-c2cccc(CN)c2)n1. The number of amides is 1. The van der Waals surface area contributed by atoms with E-state index in [1.54, 1.807) is 16.8 Å². The van der Waals surface area contributed by atoms with Gasteiger partial charge < -0.3 is 15.8 Å². The van der Waals surface area contributed by atoms with E-state index in [2.05, 4.69) is 10.4 Å². The number of nitrogens with zero attached hydrogens (tertiary/aromatic N) is 2. The fraction of sp³-hybridized carbons (Fsp3) is 0.0833. The van der Waals surface area contributed by atoms with Gasteiger partial charge >= 0.3 is 0 Å². The van der Waals surface area contributed by atoms with Gasteiger partial charge in [0, 0.05) is 18.3 Å². The molecule has 0 saturated carbocycles. The number of hydrogen-bond acceptors (Lipinski definition) is 4. The highest BCUT2D eigenvalue weighted by atomic mass is 16.5. The topological polar surface area (TPSA) is 82.2 Å². The van der Waals surface area contributed by atoms with Crippen LogP contribution >= 0.6 is 0 Å². The minimum atomic E-state index is -0.259. The molecule has 4 rings (SSSR count). The van der Waals surface area contributed by atoms with E-state index in [-0.39, 0.29) is 5.91 Å². The first-order valence-electron chi connectivity index (χ1n) is 9.63. The summed E-state index contributed by atoms with van der Waals surface area (Å²) < 4.78 is 7.48. The van der Waals surface area contributed by atoms with Gasteiger partial charge in [-0.1, -0.05) is 36.4 Å². The molecule has 150 valence electrons. The minimum absolute atomic E-state index is 0.259. The van der Waals surface area contributed by atoms with Crippen LogP contribution in [0.4, 0.5) is 5.69 Å². The molecule has 0 fully saturated rings. The Hall–Kier alpha value is -3.90. The molecule has 1 aromatic heterocycles. The molecule has 0 atom stereocenters. The first-order chi connectivity index (χ1) is 14.6. The fourth-order valence-corrected chi connectivity index (χ4v) is 3.13. The molecular formula is C24H22N4O2. The molecule has 0 aliphatic rings. The van der Waals surface area contributed by atoms with E-state index < -0.39 is 0 Å². The van der Waals surface area contributed by atoms with Crippen LogP contribution in [0.3, 0.4) is 0 Å². The maximum atomic E-state index is 13.0.